The first-order chi connectivity index (χ1) is 15.6. The predicted octanol–water partition coefficient (Wildman–Crippen LogP) is 4.55. The van der Waals surface area contributed by atoms with Gasteiger partial charge in [-0.15, -0.1) is 0 Å². The van der Waals surface area contributed by atoms with Gasteiger partial charge >= 0.3 is 0 Å². The summed E-state index contributed by atoms with van der Waals surface area (Å²) in [6.45, 7) is 13.3. The molecule has 2 aliphatic rings. The highest BCUT2D eigenvalue weighted by molar-refractivity contribution is 5.78. The largest absolute Gasteiger partial charge is 0.461 e. The zero-order valence-electron chi connectivity index (χ0n) is 22.2. The number of amides is 1. The van der Waals surface area contributed by atoms with E-state index in [1.807, 2.05) is 0 Å². The minimum Gasteiger partial charge on any atom is -0.461 e. The van der Waals surface area contributed by atoms with Gasteiger partial charge in [0.1, 0.15) is 11.5 Å². The molecule has 1 saturated heterocycles. The molecule has 2 rings (SSSR count). The summed E-state index contributed by atoms with van der Waals surface area (Å²) in [5.74, 6) is 2.49. The maximum atomic E-state index is 13.4. The van der Waals surface area contributed by atoms with Crippen LogP contribution >= 0.6 is 0 Å². The molecule has 1 unspecified atom stereocenters. The van der Waals surface area contributed by atoms with Crippen LogP contribution in [0, 0.1) is 5.92 Å². The van der Waals surface area contributed by atoms with Gasteiger partial charge < -0.3 is 18.9 Å². The molecule has 1 fully saturated rings. The molecular weight excluding hydrogens is 414 g/mol. The number of carbonyl (C=O) groups is 1. The van der Waals surface area contributed by atoms with Crippen molar-refractivity contribution in [1.29, 1.82) is 0 Å². The molecule has 6 nitrogen and oxygen atoms in total. The van der Waals surface area contributed by atoms with Crippen LogP contribution in [0.15, 0.2) is 35.3 Å². The van der Waals surface area contributed by atoms with Crippen LogP contribution in [0.2, 0.25) is 0 Å². The first-order valence-electron chi connectivity index (χ1n) is 12.8. The van der Waals surface area contributed by atoms with Crippen LogP contribution in [0.4, 0.5) is 0 Å². The van der Waals surface area contributed by atoms with Gasteiger partial charge in [0.25, 0.3) is 0 Å². The quantitative estimate of drug-likeness (QED) is 0.355. The Kier molecular flexibility index (Phi) is 11.0. The van der Waals surface area contributed by atoms with Crippen LogP contribution in [0.5, 0.6) is 0 Å². The first-order valence-corrected chi connectivity index (χ1v) is 12.8. The highest BCUT2D eigenvalue weighted by Crippen LogP contribution is 2.28. The van der Waals surface area contributed by atoms with E-state index in [4.69, 9.17) is 9.47 Å². The number of nitrogens with zero attached hydrogens (tertiary/aromatic N) is 3. The van der Waals surface area contributed by atoms with Gasteiger partial charge in [-0.05, 0) is 43.4 Å². The Bertz CT molecular complexity index is 721. The molecule has 2 bridgehead atoms. The summed E-state index contributed by atoms with van der Waals surface area (Å²) in [6.07, 6.45) is 11.3. The zero-order chi connectivity index (χ0) is 24.4. The molecule has 2 atom stereocenters. The Balaban J connectivity index is 2.05. The van der Waals surface area contributed by atoms with Crippen molar-refractivity contribution in [3.05, 3.63) is 35.3 Å². The van der Waals surface area contributed by atoms with E-state index in [1.165, 1.54) is 5.57 Å². The molecular formula is C27H48N3O3+. The van der Waals surface area contributed by atoms with Crippen LogP contribution in [-0.2, 0) is 14.3 Å². The lowest BCUT2D eigenvalue weighted by molar-refractivity contribution is -0.870. The highest BCUT2D eigenvalue weighted by Gasteiger charge is 2.24. The summed E-state index contributed by atoms with van der Waals surface area (Å²) < 4.78 is 12.1. The van der Waals surface area contributed by atoms with Crippen molar-refractivity contribution in [3.63, 3.8) is 0 Å². The van der Waals surface area contributed by atoms with E-state index in [2.05, 4.69) is 76.9 Å². The molecule has 33 heavy (non-hydrogen) atoms. The van der Waals surface area contributed by atoms with Crippen LogP contribution in [0.1, 0.15) is 59.8 Å². The number of ether oxygens (including phenoxy) is 2. The molecule has 0 aromatic carbocycles. The van der Waals surface area contributed by atoms with Crippen molar-refractivity contribution >= 4 is 5.91 Å². The third-order valence-corrected chi connectivity index (χ3v) is 6.65. The molecule has 1 aliphatic carbocycles. The van der Waals surface area contributed by atoms with Gasteiger partial charge in [-0.25, -0.2) is 0 Å². The normalized spacial score (nSPS) is 17.8. The van der Waals surface area contributed by atoms with Gasteiger partial charge in [-0.3, -0.25) is 9.69 Å². The Labute approximate surface area is 202 Å². The molecule has 0 N–H and O–H groups in total. The van der Waals surface area contributed by atoms with Crippen LogP contribution in [0.25, 0.3) is 0 Å². The average Bonchev–Trinajstić information content (AvgIpc) is 2.91. The van der Waals surface area contributed by atoms with Gasteiger partial charge in [0.15, 0.2) is 0 Å². The van der Waals surface area contributed by atoms with Gasteiger partial charge in [-0.1, -0.05) is 33.3 Å². The van der Waals surface area contributed by atoms with Crippen molar-refractivity contribution in [2.45, 2.75) is 65.8 Å². The number of rotatable bonds is 14. The van der Waals surface area contributed by atoms with Crippen molar-refractivity contribution in [2.75, 3.05) is 60.7 Å². The summed E-state index contributed by atoms with van der Waals surface area (Å²) in [4.78, 5) is 17.9. The molecule has 6 heteroatoms. The molecule has 1 heterocycles. The monoisotopic (exact) mass is 462 g/mol. The summed E-state index contributed by atoms with van der Waals surface area (Å²) >= 11 is 0. The summed E-state index contributed by atoms with van der Waals surface area (Å²) in [7, 11) is 6.63. The number of carbonyl (C=O) groups excluding carboxylic acids is 1. The lowest BCUT2D eigenvalue weighted by Crippen LogP contribution is -2.46. The summed E-state index contributed by atoms with van der Waals surface area (Å²) in [6, 6.07) is 0.354. The van der Waals surface area contributed by atoms with Crippen LogP contribution in [0.3, 0.4) is 0 Å². The Hall–Kier alpha value is -1.79. The topological polar surface area (TPSA) is 42.0 Å². The van der Waals surface area contributed by atoms with E-state index in [-0.39, 0.29) is 5.91 Å². The van der Waals surface area contributed by atoms with Gasteiger partial charge in [0, 0.05) is 32.1 Å². The summed E-state index contributed by atoms with van der Waals surface area (Å²) in [5, 5.41) is 0. The maximum Gasteiger partial charge on any atom is 0.236 e. The molecule has 188 valence electrons. The predicted molar refractivity (Wildman–Crippen MR) is 135 cm³/mol. The number of hydrogen-bond donors (Lipinski definition) is 0. The fraction of sp³-hybridized carbons (Fsp3) is 0.741. The minimum absolute atomic E-state index is 0.264. The third-order valence-electron chi connectivity index (χ3n) is 6.65. The number of fused-ring (bicyclic) bond motifs is 2. The standard InChI is InChI=1S/C27H48N3O3/c1-8-10-14-28(15-11-16-30(5,6)7)27(31)20-29(23(4)9-2)19-22(3)24-12-13-25-18-26(17-24)33-21-32-25/h12-13,17,22-23H,8-11,14-16,18-21H2,1-7H3/q+1/t22-,23?/m1/s1. The van der Waals surface area contributed by atoms with Crippen molar-refractivity contribution in [3.8, 4) is 0 Å². The van der Waals surface area contributed by atoms with Crippen molar-refractivity contribution < 1.29 is 18.8 Å². The van der Waals surface area contributed by atoms with Crippen molar-refractivity contribution in [2.24, 2.45) is 5.92 Å². The van der Waals surface area contributed by atoms with E-state index in [0.29, 0.717) is 25.3 Å². The second kappa shape index (κ2) is 13.2. The minimum atomic E-state index is 0.264. The van der Waals surface area contributed by atoms with E-state index in [9.17, 15) is 4.79 Å². The molecule has 0 aromatic rings. The first kappa shape index (κ1) is 27.5. The average molecular weight is 463 g/mol. The van der Waals surface area contributed by atoms with Crippen LogP contribution in [-0.4, -0.2) is 86.9 Å². The Morgan fingerprint density at radius 2 is 1.76 bits per heavy atom. The fourth-order valence-corrected chi connectivity index (χ4v) is 4.22. The SMILES string of the molecule is CCCCN(CCC[N+](C)(C)C)C(=O)CN(C[C@@H](C)C1=CC=C2CC(=C1)OCO2)C(C)CC. The molecule has 0 radical (unpaired) electrons. The lowest BCUT2D eigenvalue weighted by Gasteiger charge is -2.33. The fourth-order valence-electron chi connectivity index (χ4n) is 4.22. The second-order valence-electron chi connectivity index (χ2n) is 10.7. The van der Waals surface area contributed by atoms with E-state index in [0.717, 1.165) is 74.3 Å². The van der Waals surface area contributed by atoms with E-state index >= 15 is 0 Å². The highest BCUT2D eigenvalue weighted by atomic mass is 16.7. The number of hydrogen-bond acceptors (Lipinski definition) is 4. The molecule has 0 aromatic heterocycles. The second-order valence-corrected chi connectivity index (χ2v) is 10.7. The molecule has 0 spiro atoms. The Morgan fingerprint density at radius 1 is 1.06 bits per heavy atom. The van der Waals surface area contributed by atoms with Gasteiger partial charge in [0.05, 0.1) is 40.7 Å². The van der Waals surface area contributed by atoms with E-state index < -0.39 is 0 Å². The van der Waals surface area contributed by atoms with Gasteiger partial charge in [0.2, 0.25) is 12.7 Å². The van der Waals surface area contributed by atoms with E-state index in [1.54, 1.807) is 0 Å². The number of quaternary nitrogens is 1. The number of allylic oxidation sites excluding steroid dienone is 3. The van der Waals surface area contributed by atoms with Crippen molar-refractivity contribution in [1.82, 2.24) is 9.80 Å². The molecule has 1 amide bonds. The smallest absolute Gasteiger partial charge is 0.236 e. The third kappa shape index (κ3) is 9.54. The maximum absolute atomic E-state index is 13.4. The molecule has 1 aliphatic heterocycles. The zero-order valence-corrected chi connectivity index (χ0v) is 22.2. The molecule has 0 saturated carbocycles. The number of unbranched alkanes of at least 4 members (excludes halogenated alkanes) is 1. The van der Waals surface area contributed by atoms with Crippen LogP contribution < -0.4 is 0 Å². The Morgan fingerprint density at radius 3 is 2.42 bits per heavy atom. The summed E-state index contributed by atoms with van der Waals surface area (Å²) in [5.41, 5.74) is 1.23. The lowest BCUT2D eigenvalue weighted by atomic mass is 9.98. The van der Waals surface area contributed by atoms with Gasteiger partial charge in [-0.2, -0.15) is 0 Å².